The van der Waals surface area contributed by atoms with Crippen molar-refractivity contribution in [2.45, 2.75) is 18.9 Å². The Bertz CT molecular complexity index is 350. The van der Waals surface area contributed by atoms with Crippen LogP contribution in [0.5, 0.6) is 0 Å². The van der Waals surface area contributed by atoms with Gasteiger partial charge < -0.3 is 10.5 Å². The van der Waals surface area contributed by atoms with Crippen LogP contribution in [0.4, 0.5) is 0 Å². The van der Waals surface area contributed by atoms with Gasteiger partial charge in [0.2, 0.25) is 0 Å². The van der Waals surface area contributed by atoms with Gasteiger partial charge in [0.25, 0.3) is 0 Å². The molecule has 0 saturated carbocycles. The second kappa shape index (κ2) is 6.09. The number of benzene rings is 1. The summed E-state index contributed by atoms with van der Waals surface area (Å²) in [5.41, 5.74) is 5.79. The van der Waals surface area contributed by atoms with Crippen LogP contribution in [0.3, 0.4) is 0 Å². The first-order valence-electron chi connectivity index (χ1n) is 4.57. The fourth-order valence-corrected chi connectivity index (χ4v) is 1.46. The first-order chi connectivity index (χ1) is 6.95. The average molecular weight is 264 g/mol. The van der Waals surface area contributed by atoms with Gasteiger partial charge in [-0.15, -0.1) is 12.4 Å². The normalized spacial score (nSPS) is 13.5. The Morgan fingerprint density at radius 1 is 1.44 bits per heavy atom. The number of carbonyl (C=O) groups is 1. The van der Waals surface area contributed by atoms with Crippen LogP contribution in [0.25, 0.3) is 0 Å². The van der Waals surface area contributed by atoms with Gasteiger partial charge in [0.15, 0.2) is 0 Å². The van der Waals surface area contributed by atoms with E-state index in [9.17, 15) is 4.79 Å². The lowest BCUT2D eigenvalue weighted by atomic mass is 9.94. The summed E-state index contributed by atoms with van der Waals surface area (Å²) in [6.45, 7) is 1.65. The Labute approximate surface area is 106 Å². The lowest BCUT2D eigenvalue weighted by Gasteiger charge is -2.21. The molecule has 0 saturated heterocycles. The second-order valence-electron chi connectivity index (χ2n) is 3.71. The summed E-state index contributed by atoms with van der Waals surface area (Å²) < 4.78 is 4.62. The Morgan fingerprint density at radius 3 is 2.38 bits per heavy atom. The number of ether oxygens (including phenoxy) is 1. The van der Waals surface area contributed by atoms with Crippen molar-refractivity contribution in [1.29, 1.82) is 0 Å². The van der Waals surface area contributed by atoms with Crippen LogP contribution in [0.15, 0.2) is 24.3 Å². The number of nitrogens with two attached hydrogens (primary N) is 1. The molecule has 1 rings (SSSR count). The van der Waals surface area contributed by atoms with Gasteiger partial charge in [-0.2, -0.15) is 0 Å². The quantitative estimate of drug-likeness (QED) is 0.851. The second-order valence-corrected chi connectivity index (χ2v) is 4.15. The summed E-state index contributed by atoms with van der Waals surface area (Å²) in [5, 5.41) is 0.663. The SMILES string of the molecule is COC(=O)C(C)(N)Cc1ccc(Cl)cc1.Cl. The van der Waals surface area contributed by atoms with E-state index in [-0.39, 0.29) is 12.4 Å². The highest BCUT2D eigenvalue weighted by atomic mass is 35.5. The van der Waals surface area contributed by atoms with Crippen LogP contribution in [0, 0.1) is 0 Å². The van der Waals surface area contributed by atoms with Crippen LogP contribution in [0.1, 0.15) is 12.5 Å². The van der Waals surface area contributed by atoms with E-state index in [0.717, 1.165) is 5.56 Å². The minimum Gasteiger partial charge on any atom is -0.468 e. The van der Waals surface area contributed by atoms with Gasteiger partial charge in [-0.1, -0.05) is 23.7 Å². The molecule has 0 aliphatic rings. The zero-order valence-electron chi connectivity index (χ0n) is 9.20. The van der Waals surface area contributed by atoms with Crippen LogP contribution in [-0.4, -0.2) is 18.6 Å². The average Bonchev–Trinajstić information content (AvgIpc) is 2.20. The van der Waals surface area contributed by atoms with Gasteiger partial charge in [-0.3, -0.25) is 4.79 Å². The number of rotatable bonds is 3. The highest BCUT2D eigenvalue weighted by molar-refractivity contribution is 6.30. The van der Waals surface area contributed by atoms with Crippen molar-refractivity contribution < 1.29 is 9.53 Å². The van der Waals surface area contributed by atoms with Crippen LogP contribution in [0.2, 0.25) is 5.02 Å². The minimum atomic E-state index is -0.997. The molecule has 0 amide bonds. The summed E-state index contributed by atoms with van der Waals surface area (Å²) >= 11 is 5.75. The third-order valence-corrected chi connectivity index (χ3v) is 2.39. The molecule has 90 valence electrons. The van der Waals surface area contributed by atoms with Crippen molar-refractivity contribution in [2.75, 3.05) is 7.11 Å². The molecule has 1 aromatic rings. The van der Waals surface area contributed by atoms with Gasteiger partial charge in [0.05, 0.1) is 7.11 Å². The van der Waals surface area contributed by atoms with E-state index in [1.54, 1.807) is 19.1 Å². The third-order valence-electron chi connectivity index (χ3n) is 2.14. The molecule has 1 atom stereocenters. The molecule has 3 nitrogen and oxygen atoms in total. The van der Waals surface area contributed by atoms with Gasteiger partial charge in [-0.05, 0) is 24.6 Å². The Morgan fingerprint density at radius 2 is 1.94 bits per heavy atom. The number of hydrogen-bond acceptors (Lipinski definition) is 3. The fraction of sp³-hybridized carbons (Fsp3) is 0.364. The summed E-state index contributed by atoms with van der Waals surface area (Å²) in [5.74, 6) is -0.419. The van der Waals surface area contributed by atoms with E-state index in [2.05, 4.69) is 4.74 Å². The molecule has 1 unspecified atom stereocenters. The van der Waals surface area contributed by atoms with Gasteiger partial charge >= 0.3 is 5.97 Å². The zero-order valence-corrected chi connectivity index (χ0v) is 10.8. The van der Waals surface area contributed by atoms with Crippen molar-refractivity contribution in [3.05, 3.63) is 34.9 Å². The van der Waals surface area contributed by atoms with E-state index in [1.165, 1.54) is 7.11 Å². The molecule has 0 fully saturated rings. The minimum absolute atomic E-state index is 0. The number of halogens is 2. The standard InChI is InChI=1S/C11H14ClNO2.ClH/c1-11(13,10(14)15-2)7-8-3-5-9(12)6-4-8;/h3-6H,7,13H2,1-2H3;1H. The zero-order chi connectivity index (χ0) is 11.5. The van der Waals surface area contributed by atoms with Crippen LogP contribution < -0.4 is 5.73 Å². The molecule has 0 aliphatic heterocycles. The molecular weight excluding hydrogens is 249 g/mol. The van der Waals surface area contributed by atoms with Crippen LogP contribution >= 0.6 is 24.0 Å². The summed E-state index contributed by atoms with van der Waals surface area (Å²) in [6.07, 6.45) is 0.427. The topological polar surface area (TPSA) is 52.3 Å². The summed E-state index contributed by atoms with van der Waals surface area (Å²) in [6, 6.07) is 7.22. The maximum atomic E-state index is 11.3. The van der Waals surface area contributed by atoms with Crippen molar-refractivity contribution in [1.82, 2.24) is 0 Å². The van der Waals surface area contributed by atoms with E-state index >= 15 is 0 Å². The van der Waals surface area contributed by atoms with Crippen molar-refractivity contribution in [2.24, 2.45) is 5.73 Å². The molecule has 0 aromatic heterocycles. The number of methoxy groups -OCH3 is 1. The molecule has 0 radical (unpaired) electrons. The Hall–Kier alpha value is -0.770. The Balaban J connectivity index is 0.00000225. The van der Waals surface area contributed by atoms with Gasteiger partial charge in [0, 0.05) is 11.4 Å². The number of esters is 1. The molecule has 16 heavy (non-hydrogen) atoms. The largest absolute Gasteiger partial charge is 0.468 e. The smallest absolute Gasteiger partial charge is 0.325 e. The van der Waals surface area contributed by atoms with Crippen molar-refractivity contribution in [3.8, 4) is 0 Å². The maximum Gasteiger partial charge on any atom is 0.325 e. The van der Waals surface area contributed by atoms with Gasteiger partial charge in [0.1, 0.15) is 5.54 Å². The van der Waals surface area contributed by atoms with Crippen molar-refractivity contribution in [3.63, 3.8) is 0 Å². The van der Waals surface area contributed by atoms with Crippen molar-refractivity contribution >= 4 is 30.0 Å². The summed E-state index contributed by atoms with van der Waals surface area (Å²) in [7, 11) is 1.33. The van der Waals surface area contributed by atoms with E-state index in [0.29, 0.717) is 11.4 Å². The monoisotopic (exact) mass is 263 g/mol. The van der Waals surface area contributed by atoms with E-state index in [4.69, 9.17) is 17.3 Å². The first-order valence-corrected chi connectivity index (χ1v) is 4.95. The Kier molecular flexibility index (Phi) is 5.79. The number of carbonyl (C=O) groups excluding carboxylic acids is 1. The highest BCUT2D eigenvalue weighted by Gasteiger charge is 2.29. The molecule has 0 bridgehead atoms. The lowest BCUT2D eigenvalue weighted by molar-refractivity contribution is -0.146. The van der Waals surface area contributed by atoms with E-state index in [1.807, 2.05) is 12.1 Å². The molecule has 0 aliphatic carbocycles. The van der Waals surface area contributed by atoms with E-state index < -0.39 is 11.5 Å². The molecule has 2 N–H and O–H groups in total. The highest BCUT2D eigenvalue weighted by Crippen LogP contribution is 2.15. The molecule has 0 spiro atoms. The molecule has 0 heterocycles. The number of hydrogen-bond donors (Lipinski definition) is 1. The van der Waals surface area contributed by atoms with Gasteiger partial charge in [-0.25, -0.2) is 0 Å². The third kappa shape index (κ3) is 4.00. The predicted octanol–water partition coefficient (Wildman–Crippen LogP) is 2.19. The predicted molar refractivity (Wildman–Crippen MR) is 67.0 cm³/mol. The maximum absolute atomic E-state index is 11.3. The van der Waals surface area contributed by atoms with Crippen LogP contribution in [-0.2, 0) is 16.0 Å². The fourth-order valence-electron chi connectivity index (χ4n) is 1.33. The summed E-state index contributed by atoms with van der Waals surface area (Å²) in [4.78, 5) is 11.3. The first kappa shape index (κ1) is 15.2. The molecular formula is C11H15Cl2NO2. The molecule has 5 heteroatoms. The molecule has 1 aromatic carbocycles. The lowest BCUT2D eigenvalue weighted by Crippen LogP contribution is -2.47.